The Hall–Kier alpha value is -1.26. The van der Waals surface area contributed by atoms with E-state index in [2.05, 4.69) is 0 Å². The standard InChI is InChI=1S/C13H13F2NS/c1-8-2-3-17-13(8)12(16)6-9-4-10(14)7-11(15)5-9/h2-5,7,12H,6,16H2,1H3. The quantitative estimate of drug-likeness (QED) is 0.889. The predicted molar refractivity (Wildman–Crippen MR) is 66.0 cm³/mol. The van der Waals surface area contributed by atoms with E-state index >= 15 is 0 Å². The normalized spacial score (nSPS) is 12.7. The third kappa shape index (κ3) is 2.90. The van der Waals surface area contributed by atoms with E-state index in [1.54, 1.807) is 11.3 Å². The van der Waals surface area contributed by atoms with Crippen LogP contribution in [0.15, 0.2) is 29.6 Å². The zero-order chi connectivity index (χ0) is 12.4. The van der Waals surface area contributed by atoms with Crippen molar-refractivity contribution in [3.8, 4) is 0 Å². The highest BCUT2D eigenvalue weighted by atomic mass is 32.1. The lowest BCUT2D eigenvalue weighted by Gasteiger charge is -2.11. The van der Waals surface area contributed by atoms with Crippen molar-refractivity contribution >= 4 is 11.3 Å². The third-order valence-corrected chi connectivity index (χ3v) is 3.77. The number of benzene rings is 1. The molecule has 0 aliphatic rings. The second-order valence-electron chi connectivity index (χ2n) is 4.06. The van der Waals surface area contributed by atoms with Crippen molar-refractivity contribution in [2.75, 3.05) is 0 Å². The second kappa shape index (κ2) is 4.94. The Morgan fingerprint density at radius 3 is 2.41 bits per heavy atom. The van der Waals surface area contributed by atoms with Gasteiger partial charge in [0.05, 0.1) is 0 Å². The van der Waals surface area contributed by atoms with Crippen molar-refractivity contribution in [3.05, 3.63) is 57.3 Å². The van der Waals surface area contributed by atoms with Gasteiger partial charge in [0.2, 0.25) is 0 Å². The number of hydrogen-bond acceptors (Lipinski definition) is 2. The molecule has 0 bridgehead atoms. The van der Waals surface area contributed by atoms with E-state index in [0.29, 0.717) is 12.0 Å². The smallest absolute Gasteiger partial charge is 0.126 e. The van der Waals surface area contributed by atoms with E-state index in [1.807, 2.05) is 18.4 Å². The maximum Gasteiger partial charge on any atom is 0.126 e. The van der Waals surface area contributed by atoms with E-state index in [-0.39, 0.29) is 6.04 Å². The molecule has 0 saturated heterocycles. The summed E-state index contributed by atoms with van der Waals surface area (Å²) >= 11 is 1.57. The number of nitrogens with two attached hydrogens (primary N) is 1. The van der Waals surface area contributed by atoms with Crippen LogP contribution in [0, 0.1) is 18.6 Å². The van der Waals surface area contributed by atoms with Crippen LogP contribution in [0.25, 0.3) is 0 Å². The van der Waals surface area contributed by atoms with Gasteiger partial charge in [0.1, 0.15) is 11.6 Å². The molecule has 1 unspecified atom stereocenters. The Morgan fingerprint density at radius 2 is 1.88 bits per heavy atom. The highest BCUT2D eigenvalue weighted by Crippen LogP contribution is 2.25. The summed E-state index contributed by atoms with van der Waals surface area (Å²) in [6.45, 7) is 1.98. The SMILES string of the molecule is Cc1ccsc1C(N)Cc1cc(F)cc(F)c1. The number of hydrogen-bond donors (Lipinski definition) is 1. The van der Waals surface area contributed by atoms with Gasteiger partial charge in [-0.15, -0.1) is 11.3 Å². The van der Waals surface area contributed by atoms with Gasteiger partial charge in [-0.25, -0.2) is 8.78 Å². The molecule has 0 aliphatic heterocycles. The fourth-order valence-corrected chi connectivity index (χ4v) is 2.77. The molecular formula is C13H13F2NS. The summed E-state index contributed by atoms with van der Waals surface area (Å²) in [5.41, 5.74) is 7.75. The van der Waals surface area contributed by atoms with Crippen molar-refractivity contribution in [2.24, 2.45) is 5.73 Å². The fourth-order valence-electron chi connectivity index (χ4n) is 1.84. The zero-order valence-electron chi connectivity index (χ0n) is 9.41. The average molecular weight is 253 g/mol. The highest BCUT2D eigenvalue weighted by molar-refractivity contribution is 7.10. The first-order chi connectivity index (χ1) is 8.06. The lowest BCUT2D eigenvalue weighted by atomic mass is 10.0. The van der Waals surface area contributed by atoms with Gasteiger partial charge in [0.25, 0.3) is 0 Å². The van der Waals surface area contributed by atoms with Crippen molar-refractivity contribution in [2.45, 2.75) is 19.4 Å². The van der Waals surface area contributed by atoms with Crippen molar-refractivity contribution in [1.29, 1.82) is 0 Å². The zero-order valence-corrected chi connectivity index (χ0v) is 10.2. The van der Waals surface area contributed by atoms with E-state index in [1.165, 1.54) is 12.1 Å². The monoisotopic (exact) mass is 253 g/mol. The lowest BCUT2D eigenvalue weighted by Crippen LogP contribution is -2.13. The van der Waals surface area contributed by atoms with Gasteiger partial charge in [-0.05, 0) is 48.1 Å². The summed E-state index contributed by atoms with van der Waals surface area (Å²) in [7, 11) is 0. The summed E-state index contributed by atoms with van der Waals surface area (Å²) in [5.74, 6) is -1.12. The van der Waals surface area contributed by atoms with Crippen LogP contribution in [0.1, 0.15) is 22.0 Å². The van der Waals surface area contributed by atoms with Crippen molar-refractivity contribution < 1.29 is 8.78 Å². The Bertz CT molecular complexity index is 502. The van der Waals surface area contributed by atoms with E-state index < -0.39 is 11.6 Å². The van der Waals surface area contributed by atoms with E-state index in [4.69, 9.17) is 5.73 Å². The van der Waals surface area contributed by atoms with Crippen LogP contribution in [0.3, 0.4) is 0 Å². The first-order valence-corrected chi connectivity index (χ1v) is 6.19. The Morgan fingerprint density at radius 1 is 1.24 bits per heavy atom. The van der Waals surface area contributed by atoms with E-state index in [9.17, 15) is 8.78 Å². The van der Waals surface area contributed by atoms with Crippen LogP contribution in [-0.2, 0) is 6.42 Å². The molecule has 17 heavy (non-hydrogen) atoms. The molecule has 0 aliphatic carbocycles. The molecule has 2 N–H and O–H groups in total. The highest BCUT2D eigenvalue weighted by Gasteiger charge is 2.12. The summed E-state index contributed by atoms with van der Waals surface area (Å²) in [6.07, 6.45) is 0.441. The molecule has 2 rings (SSSR count). The van der Waals surface area contributed by atoms with Crippen LogP contribution in [0.2, 0.25) is 0 Å². The molecule has 0 radical (unpaired) electrons. The van der Waals surface area contributed by atoms with Crippen molar-refractivity contribution in [3.63, 3.8) is 0 Å². The molecule has 1 aromatic carbocycles. The number of halogens is 2. The van der Waals surface area contributed by atoms with Gasteiger partial charge in [0.15, 0.2) is 0 Å². The number of aryl methyl sites for hydroxylation is 1. The minimum atomic E-state index is -0.560. The van der Waals surface area contributed by atoms with Gasteiger partial charge in [-0.3, -0.25) is 0 Å². The molecular weight excluding hydrogens is 240 g/mol. The topological polar surface area (TPSA) is 26.0 Å². The molecule has 4 heteroatoms. The fraction of sp³-hybridized carbons (Fsp3) is 0.231. The van der Waals surface area contributed by atoms with Gasteiger partial charge < -0.3 is 5.73 Å². The Labute approximate surface area is 103 Å². The molecule has 2 aromatic rings. The largest absolute Gasteiger partial charge is 0.323 e. The minimum Gasteiger partial charge on any atom is -0.323 e. The third-order valence-electron chi connectivity index (χ3n) is 2.62. The molecule has 1 nitrogen and oxygen atoms in total. The lowest BCUT2D eigenvalue weighted by molar-refractivity contribution is 0.576. The molecule has 0 fully saturated rings. The maximum atomic E-state index is 13.0. The molecule has 0 saturated carbocycles. The average Bonchev–Trinajstić information content (AvgIpc) is 2.62. The molecule has 90 valence electrons. The molecule has 1 heterocycles. The van der Waals surface area contributed by atoms with Crippen molar-refractivity contribution in [1.82, 2.24) is 0 Å². The van der Waals surface area contributed by atoms with Crippen LogP contribution in [0.4, 0.5) is 8.78 Å². The second-order valence-corrected chi connectivity index (χ2v) is 5.00. The van der Waals surface area contributed by atoms with Gasteiger partial charge in [0, 0.05) is 17.0 Å². The predicted octanol–water partition coefficient (Wildman–Crippen LogP) is 3.58. The van der Waals surface area contributed by atoms with E-state index in [0.717, 1.165) is 16.5 Å². The maximum absolute atomic E-state index is 13.0. The van der Waals surface area contributed by atoms with Crippen LogP contribution in [-0.4, -0.2) is 0 Å². The number of rotatable bonds is 3. The summed E-state index contributed by atoms with van der Waals surface area (Å²) in [5, 5.41) is 1.97. The molecule has 0 spiro atoms. The van der Waals surface area contributed by atoms with Gasteiger partial charge in [-0.1, -0.05) is 0 Å². The van der Waals surface area contributed by atoms with Crippen LogP contribution < -0.4 is 5.73 Å². The van der Waals surface area contributed by atoms with Crippen LogP contribution in [0.5, 0.6) is 0 Å². The van der Waals surface area contributed by atoms with Gasteiger partial charge in [-0.2, -0.15) is 0 Å². The Balaban J connectivity index is 2.18. The minimum absolute atomic E-state index is 0.212. The molecule has 1 aromatic heterocycles. The molecule has 1 atom stereocenters. The van der Waals surface area contributed by atoms with Crippen LogP contribution >= 0.6 is 11.3 Å². The summed E-state index contributed by atoms with van der Waals surface area (Å²) in [4.78, 5) is 1.06. The van der Waals surface area contributed by atoms with Gasteiger partial charge >= 0.3 is 0 Å². The number of thiophene rings is 1. The first-order valence-electron chi connectivity index (χ1n) is 5.31. The Kier molecular flexibility index (Phi) is 3.54. The summed E-state index contributed by atoms with van der Waals surface area (Å²) < 4.78 is 26.0. The molecule has 0 amide bonds. The first kappa shape index (κ1) is 12.2. The summed E-state index contributed by atoms with van der Waals surface area (Å²) in [6, 6.07) is 5.30.